The number of ether oxygens (including phenoxy) is 4. The van der Waals surface area contributed by atoms with Crippen LogP contribution in [0.5, 0.6) is 11.5 Å². The van der Waals surface area contributed by atoms with Crippen molar-refractivity contribution in [1.82, 2.24) is 0 Å². The minimum Gasteiger partial charge on any atom is -0.454 e. The Hall–Kier alpha value is -1.17. The molecule has 1 N–H and O–H groups in total. The quantitative estimate of drug-likeness (QED) is 0.906. The van der Waals surface area contributed by atoms with E-state index in [0.717, 1.165) is 12.1 Å². The molecule has 1 aliphatic heterocycles. The van der Waals surface area contributed by atoms with Gasteiger partial charge in [-0.3, -0.25) is 0 Å². The monoisotopic (exact) mass is 299 g/mol. The van der Waals surface area contributed by atoms with Gasteiger partial charge in [-0.05, 0) is 13.3 Å². The Bertz CT molecular complexity index is 496. The van der Waals surface area contributed by atoms with Crippen molar-refractivity contribution in [1.29, 1.82) is 0 Å². The molecule has 1 fully saturated rings. The van der Waals surface area contributed by atoms with Crippen molar-refractivity contribution in [3.8, 4) is 11.5 Å². The van der Waals surface area contributed by atoms with Gasteiger partial charge in [-0.25, -0.2) is 0 Å². The summed E-state index contributed by atoms with van der Waals surface area (Å²) in [6.45, 7) is 2.93. The number of hydrogen-bond acceptors (Lipinski definition) is 5. The molecule has 20 heavy (non-hydrogen) atoms. The molecule has 1 aromatic rings. The van der Waals surface area contributed by atoms with Gasteiger partial charge >= 0.3 is 0 Å². The first-order chi connectivity index (χ1) is 9.72. The Kier molecular flexibility index (Phi) is 3.92. The Balaban J connectivity index is 1.69. The maximum absolute atomic E-state index is 6.25. The van der Waals surface area contributed by atoms with Crippen LogP contribution in [0.3, 0.4) is 0 Å². The number of nitrogens with one attached hydrogen (secondary N) is 1. The number of fused-ring (bicyclic) bond motifs is 1. The summed E-state index contributed by atoms with van der Waals surface area (Å²) in [6.07, 6.45) is 1.09. The van der Waals surface area contributed by atoms with Crippen LogP contribution in [0.25, 0.3) is 0 Å². The molecule has 0 saturated heterocycles. The van der Waals surface area contributed by atoms with Gasteiger partial charge in [0.1, 0.15) is 6.10 Å². The minimum absolute atomic E-state index is 0.0384. The Morgan fingerprint density at radius 1 is 1.35 bits per heavy atom. The summed E-state index contributed by atoms with van der Waals surface area (Å²) in [5, 5.41) is 4.01. The van der Waals surface area contributed by atoms with E-state index in [1.54, 1.807) is 13.2 Å². The molecule has 110 valence electrons. The third-order valence-corrected chi connectivity index (χ3v) is 4.02. The normalized spacial score (nSPS) is 27.2. The number of hydrogen-bond donors (Lipinski definition) is 1. The molecule has 6 heteroatoms. The summed E-state index contributed by atoms with van der Waals surface area (Å²) in [7, 11) is 1.70. The summed E-state index contributed by atoms with van der Waals surface area (Å²) in [6, 6.07) is 3.83. The van der Waals surface area contributed by atoms with E-state index < -0.39 is 0 Å². The Morgan fingerprint density at radius 3 is 2.80 bits per heavy atom. The Morgan fingerprint density at radius 2 is 2.10 bits per heavy atom. The van der Waals surface area contributed by atoms with E-state index in [1.807, 2.05) is 13.0 Å². The van der Waals surface area contributed by atoms with Crippen LogP contribution in [0.1, 0.15) is 13.3 Å². The third kappa shape index (κ3) is 2.41. The highest BCUT2D eigenvalue weighted by atomic mass is 35.5. The third-order valence-electron chi connectivity index (χ3n) is 3.71. The predicted molar refractivity (Wildman–Crippen MR) is 75.8 cm³/mol. The summed E-state index contributed by atoms with van der Waals surface area (Å²) < 4.78 is 21.7. The van der Waals surface area contributed by atoms with Crippen LogP contribution in [0.15, 0.2) is 12.1 Å². The molecule has 1 aromatic carbocycles. The van der Waals surface area contributed by atoms with Crippen LogP contribution >= 0.6 is 11.6 Å². The molecule has 0 aromatic heterocycles. The van der Waals surface area contributed by atoms with Crippen LogP contribution < -0.4 is 14.8 Å². The van der Waals surface area contributed by atoms with E-state index in [-0.39, 0.29) is 25.0 Å². The van der Waals surface area contributed by atoms with Crippen molar-refractivity contribution >= 4 is 17.3 Å². The molecule has 0 spiro atoms. The van der Waals surface area contributed by atoms with Crippen molar-refractivity contribution < 1.29 is 18.9 Å². The summed E-state index contributed by atoms with van der Waals surface area (Å²) in [4.78, 5) is 0. The molecule has 0 radical (unpaired) electrons. The average molecular weight is 300 g/mol. The topological polar surface area (TPSA) is 49.0 Å². The fraction of sp³-hybridized carbons (Fsp3) is 0.571. The van der Waals surface area contributed by atoms with Gasteiger partial charge < -0.3 is 24.3 Å². The lowest BCUT2D eigenvalue weighted by molar-refractivity contribution is -0.118. The highest BCUT2D eigenvalue weighted by molar-refractivity contribution is 6.33. The highest BCUT2D eigenvalue weighted by Gasteiger charge is 2.42. The largest absolute Gasteiger partial charge is 0.454 e. The molecular formula is C14H18ClNO4. The second-order valence-corrected chi connectivity index (χ2v) is 5.27. The number of benzene rings is 1. The van der Waals surface area contributed by atoms with Crippen LogP contribution in [0.4, 0.5) is 5.69 Å². The van der Waals surface area contributed by atoms with Crippen LogP contribution in [0.2, 0.25) is 5.02 Å². The van der Waals surface area contributed by atoms with Gasteiger partial charge in [0.15, 0.2) is 11.5 Å². The maximum atomic E-state index is 6.25. The van der Waals surface area contributed by atoms with Gasteiger partial charge in [-0.1, -0.05) is 11.6 Å². The van der Waals surface area contributed by atoms with E-state index in [1.165, 1.54) is 0 Å². The second kappa shape index (κ2) is 5.68. The lowest BCUT2D eigenvalue weighted by atomic mass is 9.85. The minimum atomic E-state index is 0.0384. The van der Waals surface area contributed by atoms with E-state index in [2.05, 4.69) is 5.32 Å². The van der Waals surface area contributed by atoms with Crippen LogP contribution in [-0.4, -0.2) is 38.8 Å². The standard InChI is InChI=1S/C14H18ClNO4/c1-3-18-13-6-10(14(13)17-2)16-9-5-12-11(4-8(9)15)19-7-20-12/h4-5,10,13-14,16H,3,6-7H2,1-2H3. The van der Waals surface area contributed by atoms with Gasteiger partial charge in [-0.15, -0.1) is 0 Å². The smallest absolute Gasteiger partial charge is 0.231 e. The van der Waals surface area contributed by atoms with E-state index in [9.17, 15) is 0 Å². The first-order valence-corrected chi connectivity index (χ1v) is 7.10. The molecular weight excluding hydrogens is 282 g/mol. The zero-order chi connectivity index (χ0) is 14.1. The van der Waals surface area contributed by atoms with E-state index in [0.29, 0.717) is 23.1 Å². The molecule has 3 unspecified atom stereocenters. The molecule has 3 atom stereocenters. The fourth-order valence-electron chi connectivity index (χ4n) is 2.64. The number of rotatable bonds is 5. The van der Waals surface area contributed by atoms with Crippen molar-refractivity contribution in [3.63, 3.8) is 0 Å². The molecule has 1 aliphatic carbocycles. The van der Waals surface area contributed by atoms with Gasteiger partial charge in [0.2, 0.25) is 6.79 Å². The lowest BCUT2D eigenvalue weighted by Crippen LogP contribution is -2.56. The first-order valence-electron chi connectivity index (χ1n) is 6.73. The first kappa shape index (κ1) is 13.8. The molecule has 0 bridgehead atoms. The van der Waals surface area contributed by atoms with Gasteiger partial charge in [-0.2, -0.15) is 0 Å². The zero-order valence-corrected chi connectivity index (χ0v) is 12.3. The van der Waals surface area contributed by atoms with E-state index >= 15 is 0 Å². The predicted octanol–water partition coefficient (Wildman–Crippen LogP) is 2.67. The molecule has 1 saturated carbocycles. The maximum Gasteiger partial charge on any atom is 0.231 e. The number of methoxy groups -OCH3 is 1. The van der Waals surface area contributed by atoms with Crippen molar-refractivity contribution in [2.75, 3.05) is 25.8 Å². The molecule has 0 amide bonds. The van der Waals surface area contributed by atoms with Gasteiger partial charge in [0.25, 0.3) is 0 Å². The van der Waals surface area contributed by atoms with Crippen molar-refractivity contribution in [3.05, 3.63) is 17.2 Å². The average Bonchev–Trinajstić information content (AvgIpc) is 2.85. The van der Waals surface area contributed by atoms with Crippen LogP contribution in [0, 0.1) is 0 Å². The fourth-order valence-corrected chi connectivity index (χ4v) is 2.85. The van der Waals surface area contributed by atoms with Crippen molar-refractivity contribution in [2.24, 2.45) is 0 Å². The Labute approximate surface area is 123 Å². The van der Waals surface area contributed by atoms with Crippen LogP contribution in [-0.2, 0) is 9.47 Å². The molecule has 3 rings (SSSR count). The van der Waals surface area contributed by atoms with E-state index in [4.69, 9.17) is 30.5 Å². The number of anilines is 1. The summed E-state index contributed by atoms with van der Waals surface area (Å²) >= 11 is 6.25. The summed E-state index contributed by atoms with van der Waals surface area (Å²) in [5.74, 6) is 1.40. The molecule has 2 aliphatic rings. The number of halogens is 1. The highest BCUT2D eigenvalue weighted by Crippen LogP contribution is 2.40. The molecule has 5 nitrogen and oxygen atoms in total. The van der Waals surface area contributed by atoms with Crippen molar-refractivity contribution in [2.45, 2.75) is 31.6 Å². The molecule has 1 heterocycles. The second-order valence-electron chi connectivity index (χ2n) is 4.87. The van der Waals surface area contributed by atoms with Gasteiger partial charge in [0, 0.05) is 25.8 Å². The summed E-state index contributed by atoms with van der Waals surface area (Å²) in [5.41, 5.74) is 0.831. The lowest BCUT2D eigenvalue weighted by Gasteiger charge is -2.43. The SMILES string of the molecule is CCOC1CC(Nc2cc3c(cc2Cl)OCO3)C1OC. The van der Waals surface area contributed by atoms with Gasteiger partial charge in [0.05, 0.1) is 22.9 Å². The zero-order valence-electron chi connectivity index (χ0n) is 11.5.